The molecule has 0 radical (unpaired) electrons. The van der Waals surface area contributed by atoms with E-state index in [0.717, 1.165) is 86.6 Å². The van der Waals surface area contributed by atoms with Crippen LogP contribution in [0.3, 0.4) is 0 Å². The molecular formula is C53H62ClN4Na3O16S4. The van der Waals surface area contributed by atoms with Gasteiger partial charge in [-0.2, -0.15) is 13.2 Å². The number of carbonyl (C=O) groups is 3. The molecule has 20 nitrogen and oxygen atoms in total. The van der Waals surface area contributed by atoms with E-state index in [-0.39, 0.29) is 126 Å². The normalized spacial score (nSPS) is 17.7. The van der Waals surface area contributed by atoms with Crippen LogP contribution in [0.5, 0.6) is 0 Å². The summed E-state index contributed by atoms with van der Waals surface area (Å²) in [6.45, 7) is 10.3. The van der Waals surface area contributed by atoms with E-state index in [1.165, 1.54) is 12.1 Å². The summed E-state index contributed by atoms with van der Waals surface area (Å²) in [5.41, 5.74) is 6.96. The minimum atomic E-state index is -4.71. The molecule has 0 saturated carbocycles. The second-order valence-electron chi connectivity index (χ2n) is 20.3. The van der Waals surface area contributed by atoms with Crippen LogP contribution in [-0.2, 0) is 69.0 Å². The topological polar surface area (TPSA) is 271 Å². The molecule has 4 aliphatic rings. The van der Waals surface area contributed by atoms with Crippen LogP contribution < -0.4 is 109 Å². The third-order valence-electron chi connectivity index (χ3n) is 14.4. The maximum Gasteiger partial charge on any atom is 1.00 e. The van der Waals surface area contributed by atoms with Gasteiger partial charge in [-0.1, -0.05) is 43.7 Å². The van der Waals surface area contributed by atoms with Gasteiger partial charge in [0, 0.05) is 132 Å². The second-order valence-corrected chi connectivity index (χ2v) is 25.1. The van der Waals surface area contributed by atoms with E-state index >= 15 is 0 Å². The average molecular weight is 1240 g/mol. The molecule has 28 heteroatoms. The minimum Gasteiger partial charge on any atom is -0.748 e. The van der Waals surface area contributed by atoms with Crippen LogP contribution in [-0.4, -0.2) is 103 Å². The largest absolute Gasteiger partial charge is 1.00 e. The number of fused-ring (bicyclic) bond motifs is 4. The number of hydrogen-bond donors (Lipinski definition) is 0. The third-order valence-corrected chi connectivity index (χ3v) is 17.7. The predicted molar refractivity (Wildman–Crippen MR) is 289 cm³/mol. The second kappa shape index (κ2) is 32.4. The van der Waals surface area contributed by atoms with Crippen molar-refractivity contribution < 1.29 is 168 Å². The molecule has 0 aromatic heterocycles. The van der Waals surface area contributed by atoms with Gasteiger partial charge in [-0.3, -0.25) is 19.7 Å². The van der Waals surface area contributed by atoms with E-state index in [0.29, 0.717) is 91.6 Å². The summed E-state index contributed by atoms with van der Waals surface area (Å²) in [5.74, 6) is -1.32. The summed E-state index contributed by atoms with van der Waals surface area (Å²) >= 11 is 9.16. The van der Waals surface area contributed by atoms with Crippen LogP contribution in [0.25, 0.3) is 10.8 Å². The number of hydrogen-bond acceptors (Lipinski definition) is 20. The Morgan fingerprint density at radius 1 is 0.790 bits per heavy atom. The van der Waals surface area contributed by atoms with Crippen molar-refractivity contribution in [2.75, 3.05) is 53.2 Å². The summed E-state index contributed by atoms with van der Waals surface area (Å²) in [7, 11) is -9.20. The summed E-state index contributed by atoms with van der Waals surface area (Å²) < 4.78 is 82.6. The van der Waals surface area contributed by atoms with Crippen LogP contribution >= 0.6 is 35.7 Å². The Hall–Kier alpha value is -1.67. The first-order valence-electron chi connectivity index (χ1n) is 25.6. The van der Waals surface area contributed by atoms with Gasteiger partial charge in [0.15, 0.2) is 5.71 Å². The zero-order chi connectivity index (χ0) is 56.4. The number of amides is 2. The smallest absolute Gasteiger partial charge is 0.748 e. The molecule has 1 aliphatic carbocycles. The van der Waals surface area contributed by atoms with Gasteiger partial charge >= 0.3 is 94.6 Å². The number of unbranched alkanes of at least 4 members (excludes halogenated alkanes) is 2. The van der Waals surface area contributed by atoms with E-state index in [1.54, 1.807) is 12.1 Å². The van der Waals surface area contributed by atoms with Crippen LogP contribution in [0.1, 0.15) is 116 Å². The molecule has 424 valence electrons. The first-order chi connectivity index (χ1) is 37.1. The fourth-order valence-corrected chi connectivity index (χ4v) is 12.7. The molecule has 0 bridgehead atoms. The predicted octanol–water partition coefficient (Wildman–Crippen LogP) is -1.59. The SMILES string of the molecule is CC1(C)C(/C=C/C2=C(Cl)C(=C/C=C3/N(CCCS(=O)(=O)[O-])c4ccc(N(CCCSOO[O-])CCCSOO[O-])cc4C3(C)C)/CCC2)=[N+](CCCCCC(=O)ON2C(=O)CCC2=O)c2ccc3cc(S(=O)(=O)[O-])ccc3c21.[Na+].[Na+].[Na+]. The first-order valence-corrected chi connectivity index (χ1v) is 30.7. The fourth-order valence-electron chi connectivity index (χ4n) is 10.7. The van der Waals surface area contributed by atoms with Crippen molar-refractivity contribution in [3.05, 3.63) is 106 Å². The van der Waals surface area contributed by atoms with E-state index < -0.39 is 54.6 Å². The molecule has 0 atom stereocenters. The first kappa shape index (κ1) is 71.8. The number of nitrogens with zero attached hydrogens (tertiary/aromatic N) is 4. The van der Waals surface area contributed by atoms with Crippen molar-refractivity contribution in [2.24, 2.45) is 0 Å². The molecule has 3 heterocycles. The summed E-state index contributed by atoms with van der Waals surface area (Å²) in [5, 5.41) is 30.2. The Kier molecular flexibility index (Phi) is 28.7. The maximum atomic E-state index is 12.6. The van der Waals surface area contributed by atoms with Gasteiger partial charge in [0.2, 0.25) is 5.69 Å². The minimum absolute atomic E-state index is 0. The molecular weight excluding hydrogens is 1180 g/mol. The van der Waals surface area contributed by atoms with Gasteiger partial charge in [-0.05, 0) is 135 Å². The number of hydroxylamine groups is 2. The molecule has 1 saturated heterocycles. The zero-order valence-corrected chi connectivity index (χ0v) is 56.7. The zero-order valence-electron chi connectivity index (χ0n) is 46.7. The molecule has 7 rings (SSSR count). The number of carbonyl (C=O) groups excluding carboxylic acids is 3. The standard InChI is InChI=1S/C53H65ClN4O16S4.3Na/c1-52(2)42-35-39(55(27-9-31-75-73-71-62)28-10-32-76-74-72-63)18-22-43(42)56(30-11-33-77(64,65)66)45(52)23-16-36-12-8-13-37(51(36)54)17-24-46-53(3,4)50-41-20-19-40(78(67,68)69)34-38(41)15-21-44(50)57(46)29-7-5-6-14-49(61)70-58-47(59)25-26-48(58)60;;;/h15-24,34-35H,5-14,25-33H2,1-4H3,(H3-,62,63,64,65,66,67,68,69);;;/q;3*+1/p-3. The van der Waals surface area contributed by atoms with Crippen LogP contribution in [0.15, 0.2) is 99.6 Å². The summed E-state index contributed by atoms with van der Waals surface area (Å²) in [4.78, 5) is 45.5. The fraction of sp³-hybridized carbons (Fsp3) is 0.472. The van der Waals surface area contributed by atoms with Crippen molar-refractivity contribution in [1.29, 1.82) is 0 Å². The Morgan fingerprint density at radius 3 is 2.09 bits per heavy atom. The van der Waals surface area contributed by atoms with Gasteiger partial charge in [0.1, 0.15) is 16.7 Å². The number of imide groups is 1. The van der Waals surface area contributed by atoms with Crippen LogP contribution in [0.2, 0.25) is 0 Å². The molecule has 1 fully saturated rings. The molecule has 3 aromatic carbocycles. The number of benzene rings is 3. The van der Waals surface area contributed by atoms with Gasteiger partial charge < -0.3 is 34.3 Å². The van der Waals surface area contributed by atoms with Crippen LogP contribution in [0, 0.1) is 0 Å². The van der Waals surface area contributed by atoms with Gasteiger partial charge in [-0.25, -0.2) is 21.6 Å². The van der Waals surface area contributed by atoms with Crippen molar-refractivity contribution in [2.45, 2.75) is 120 Å². The van der Waals surface area contributed by atoms with E-state index in [9.17, 15) is 50.8 Å². The monoisotopic (exact) mass is 1240 g/mol. The molecule has 0 unspecified atom stereocenters. The van der Waals surface area contributed by atoms with Gasteiger partial charge in [-0.15, -0.1) is 5.06 Å². The summed E-state index contributed by atoms with van der Waals surface area (Å²) in [6.07, 6.45) is 13.4. The number of anilines is 2. The average Bonchev–Trinajstić information content (AvgIpc) is 4.09. The molecule has 2 amide bonds. The quantitative estimate of drug-likeness (QED) is 0.0116. The van der Waals surface area contributed by atoms with Crippen molar-refractivity contribution in [1.82, 2.24) is 5.06 Å². The molecule has 3 aliphatic heterocycles. The van der Waals surface area contributed by atoms with E-state index in [1.807, 2.05) is 36.4 Å². The van der Waals surface area contributed by atoms with Crippen molar-refractivity contribution in [3.8, 4) is 0 Å². The molecule has 0 N–H and O–H groups in total. The number of allylic oxidation sites excluding steroid dienone is 8. The third kappa shape index (κ3) is 18.4. The van der Waals surface area contributed by atoms with Crippen molar-refractivity contribution >= 4 is 107 Å². The Bertz CT molecular complexity index is 3130. The maximum absolute atomic E-state index is 12.6. The number of halogens is 1. The molecule has 0 spiro atoms. The van der Waals surface area contributed by atoms with Crippen molar-refractivity contribution in [3.63, 3.8) is 0 Å². The van der Waals surface area contributed by atoms with Gasteiger partial charge in [0.25, 0.3) is 11.8 Å². The van der Waals surface area contributed by atoms with Crippen LogP contribution in [0.4, 0.5) is 17.1 Å². The summed E-state index contributed by atoms with van der Waals surface area (Å²) in [6, 6.07) is 14.2. The Balaban J connectivity index is 0.00000470. The van der Waals surface area contributed by atoms with E-state index in [4.69, 9.17) is 16.4 Å². The molecule has 81 heavy (non-hydrogen) atoms. The molecule has 3 aromatic rings. The van der Waals surface area contributed by atoms with Gasteiger partial charge in [0.05, 0.1) is 20.4 Å². The van der Waals surface area contributed by atoms with E-state index in [2.05, 4.69) is 73.0 Å². The Morgan fingerprint density at radius 2 is 1.46 bits per heavy atom. The Labute approximate surface area is 553 Å². The number of rotatable bonds is 28.